The van der Waals surface area contributed by atoms with Gasteiger partial charge in [-0.3, -0.25) is 4.98 Å². The smallest absolute Gasteiger partial charge is 0.407 e. The fraction of sp³-hybridized carbons (Fsp3) is 0.267. The van der Waals surface area contributed by atoms with Gasteiger partial charge in [0.25, 0.3) is 0 Å². The van der Waals surface area contributed by atoms with Crippen LogP contribution in [0.2, 0.25) is 0 Å². The van der Waals surface area contributed by atoms with Gasteiger partial charge in [0.15, 0.2) is 0 Å². The van der Waals surface area contributed by atoms with Gasteiger partial charge in [0.2, 0.25) is 0 Å². The predicted octanol–water partition coefficient (Wildman–Crippen LogP) is 2.56. The lowest BCUT2D eigenvalue weighted by Crippen LogP contribution is -2.34. The Morgan fingerprint density at radius 3 is 2.95 bits per heavy atom. The Balaban J connectivity index is 1.82. The van der Waals surface area contributed by atoms with Crippen molar-refractivity contribution in [2.45, 2.75) is 19.9 Å². The second-order valence-electron chi connectivity index (χ2n) is 5.10. The van der Waals surface area contributed by atoms with E-state index in [1.807, 2.05) is 31.3 Å². The summed E-state index contributed by atoms with van der Waals surface area (Å²) in [4.78, 5) is 21.0. The topological polar surface area (TPSA) is 78.4 Å². The lowest BCUT2D eigenvalue weighted by atomic mass is 10.0. The van der Waals surface area contributed by atoms with Crippen LogP contribution in [-0.4, -0.2) is 32.6 Å². The molecule has 0 atom stereocenters. The normalized spacial score (nSPS) is 13.7. The fourth-order valence-electron chi connectivity index (χ4n) is 2.44. The molecule has 0 radical (unpaired) electrons. The molecule has 21 heavy (non-hydrogen) atoms. The molecular weight excluding hydrogens is 268 g/mol. The summed E-state index contributed by atoms with van der Waals surface area (Å²) in [5.41, 5.74) is 3.96. The molecule has 3 heterocycles. The number of aryl methyl sites for hydroxylation is 1. The Hall–Kier alpha value is -2.63. The summed E-state index contributed by atoms with van der Waals surface area (Å²) in [6.07, 6.45) is 3.40. The van der Waals surface area contributed by atoms with Gasteiger partial charge in [0.1, 0.15) is 5.82 Å². The van der Waals surface area contributed by atoms with Crippen molar-refractivity contribution in [2.75, 3.05) is 11.9 Å². The maximum atomic E-state index is 11.1. The van der Waals surface area contributed by atoms with Crippen LogP contribution in [0.3, 0.4) is 0 Å². The summed E-state index contributed by atoms with van der Waals surface area (Å²) in [6, 6.07) is 5.72. The zero-order chi connectivity index (χ0) is 14.8. The van der Waals surface area contributed by atoms with Crippen molar-refractivity contribution in [1.82, 2.24) is 14.9 Å². The zero-order valence-electron chi connectivity index (χ0n) is 11.7. The van der Waals surface area contributed by atoms with Crippen LogP contribution >= 0.6 is 0 Å². The first-order valence-corrected chi connectivity index (χ1v) is 6.77. The Morgan fingerprint density at radius 2 is 2.19 bits per heavy atom. The summed E-state index contributed by atoms with van der Waals surface area (Å²) in [6.45, 7) is 2.87. The highest BCUT2D eigenvalue weighted by Gasteiger charge is 2.20. The third-order valence-corrected chi connectivity index (χ3v) is 3.53. The molecule has 6 nitrogen and oxygen atoms in total. The average Bonchev–Trinajstić information content (AvgIpc) is 2.46. The number of fused-ring (bicyclic) bond motifs is 1. The van der Waals surface area contributed by atoms with E-state index < -0.39 is 6.09 Å². The number of anilines is 2. The molecule has 1 amide bonds. The molecule has 2 aromatic heterocycles. The number of carbonyl (C=O) groups is 1. The van der Waals surface area contributed by atoms with E-state index >= 15 is 0 Å². The summed E-state index contributed by atoms with van der Waals surface area (Å²) in [5.74, 6) is 0.714. The number of nitrogens with zero attached hydrogens (tertiary/aromatic N) is 3. The number of pyridine rings is 2. The minimum absolute atomic E-state index is 0.414. The second kappa shape index (κ2) is 5.40. The van der Waals surface area contributed by atoms with Gasteiger partial charge in [-0.05, 0) is 42.7 Å². The molecule has 1 aliphatic heterocycles. The summed E-state index contributed by atoms with van der Waals surface area (Å²) in [5, 5.41) is 12.3. The van der Waals surface area contributed by atoms with Crippen molar-refractivity contribution < 1.29 is 9.90 Å². The highest BCUT2D eigenvalue weighted by Crippen LogP contribution is 2.22. The maximum Gasteiger partial charge on any atom is 0.407 e. The molecule has 2 aromatic rings. The molecule has 0 saturated heterocycles. The maximum absolute atomic E-state index is 11.1. The van der Waals surface area contributed by atoms with E-state index in [0.717, 1.165) is 22.5 Å². The van der Waals surface area contributed by atoms with Crippen LogP contribution in [0.1, 0.15) is 16.8 Å². The van der Waals surface area contributed by atoms with Crippen molar-refractivity contribution in [3.05, 3.63) is 47.4 Å². The van der Waals surface area contributed by atoms with Gasteiger partial charge in [-0.15, -0.1) is 0 Å². The van der Waals surface area contributed by atoms with Crippen LogP contribution in [0.4, 0.5) is 16.3 Å². The molecule has 0 aliphatic carbocycles. The van der Waals surface area contributed by atoms with E-state index in [2.05, 4.69) is 15.3 Å². The third-order valence-electron chi connectivity index (χ3n) is 3.53. The van der Waals surface area contributed by atoms with Crippen molar-refractivity contribution in [1.29, 1.82) is 0 Å². The number of rotatable bonds is 2. The van der Waals surface area contributed by atoms with E-state index in [9.17, 15) is 4.79 Å². The highest BCUT2D eigenvalue weighted by molar-refractivity contribution is 5.66. The fourth-order valence-corrected chi connectivity index (χ4v) is 2.44. The Labute approximate surface area is 122 Å². The van der Waals surface area contributed by atoms with Gasteiger partial charge >= 0.3 is 6.09 Å². The molecular formula is C15H16N4O2. The van der Waals surface area contributed by atoms with Crippen molar-refractivity contribution in [3.63, 3.8) is 0 Å². The van der Waals surface area contributed by atoms with Gasteiger partial charge in [-0.1, -0.05) is 0 Å². The van der Waals surface area contributed by atoms with E-state index in [0.29, 0.717) is 25.3 Å². The largest absolute Gasteiger partial charge is 0.465 e. The van der Waals surface area contributed by atoms with E-state index in [-0.39, 0.29) is 0 Å². The summed E-state index contributed by atoms with van der Waals surface area (Å²) in [7, 11) is 0. The van der Waals surface area contributed by atoms with Gasteiger partial charge in [-0.2, -0.15) is 0 Å². The molecule has 6 heteroatoms. The van der Waals surface area contributed by atoms with Crippen LogP contribution in [-0.2, 0) is 13.0 Å². The summed E-state index contributed by atoms with van der Waals surface area (Å²) >= 11 is 0. The highest BCUT2D eigenvalue weighted by atomic mass is 16.4. The first-order valence-electron chi connectivity index (χ1n) is 6.77. The van der Waals surface area contributed by atoms with E-state index in [4.69, 9.17) is 5.11 Å². The van der Waals surface area contributed by atoms with Gasteiger partial charge in [-0.25, -0.2) is 9.78 Å². The second-order valence-corrected chi connectivity index (χ2v) is 5.10. The number of carboxylic acid groups (broad SMARTS) is 1. The lowest BCUT2D eigenvalue weighted by molar-refractivity contribution is 0.140. The van der Waals surface area contributed by atoms with Crippen LogP contribution < -0.4 is 5.32 Å². The zero-order valence-corrected chi connectivity index (χ0v) is 11.7. The summed E-state index contributed by atoms with van der Waals surface area (Å²) < 4.78 is 0. The van der Waals surface area contributed by atoms with Gasteiger partial charge in [0.05, 0.1) is 0 Å². The Bertz CT molecular complexity index is 687. The van der Waals surface area contributed by atoms with Gasteiger partial charge in [0, 0.05) is 36.9 Å². The van der Waals surface area contributed by atoms with Crippen molar-refractivity contribution in [3.8, 4) is 0 Å². The standard InChI is InChI=1S/C15H16N4O2/c1-10-6-13(2-4-16-10)18-14-7-12-9-19(15(20)21)5-3-11(12)8-17-14/h2,4,6-8H,3,5,9H2,1H3,(H,20,21)(H,16,17,18). The molecule has 2 N–H and O–H groups in total. The number of nitrogens with one attached hydrogen (secondary N) is 1. The number of aromatic nitrogens is 2. The average molecular weight is 284 g/mol. The molecule has 3 rings (SSSR count). The van der Waals surface area contributed by atoms with Crippen LogP contribution in [0.15, 0.2) is 30.6 Å². The molecule has 108 valence electrons. The monoisotopic (exact) mass is 284 g/mol. The number of hydrogen-bond donors (Lipinski definition) is 2. The molecule has 0 aromatic carbocycles. The van der Waals surface area contributed by atoms with Crippen molar-refractivity contribution >= 4 is 17.6 Å². The lowest BCUT2D eigenvalue weighted by Gasteiger charge is -2.26. The quantitative estimate of drug-likeness (QED) is 0.886. The molecule has 0 saturated carbocycles. The first kappa shape index (κ1) is 13.4. The predicted molar refractivity (Wildman–Crippen MR) is 78.6 cm³/mol. The SMILES string of the molecule is Cc1cc(Nc2cc3c(cn2)CCN(C(=O)O)C3)ccn1. The van der Waals surface area contributed by atoms with Crippen LogP contribution in [0.25, 0.3) is 0 Å². The number of amides is 1. The van der Waals surface area contributed by atoms with Crippen molar-refractivity contribution in [2.24, 2.45) is 0 Å². The Morgan fingerprint density at radius 1 is 1.33 bits per heavy atom. The van der Waals surface area contributed by atoms with Crippen LogP contribution in [0, 0.1) is 6.92 Å². The van der Waals surface area contributed by atoms with Gasteiger partial charge < -0.3 is 15.3 Å². The first-order chi connectivity index (χ1) is 10.1. The minimum Gasteiger partial charge on any atom is -0.465 e. The Kier molecular flexibility index (Phi) is 3.43. The molecule has 0 unspecified atom stereocenters. The molecule has 0 fully saturated rings. The molecule has 0 bridgehead atoms. The van der Waals surface area contributed by atoms with Crippen LogP contribution in [0.5, 0.6) is 0 Å². The molecule has 0 spiro atoms. The van der Waals surface area contributed by atoms with E-state index in [1.54, 1.807) is 6.20 Å². The minimum atomic E-state index is -0.878. The van der Waals surface area contributed by atoms with E-state index in [1.165, 1.54) is 4.90 Å². The number of hydrogen-bond acceptors (Lipinski definition) is 4. The molecule has 1 aliphatic rings. The third kappa shape index (κ3) is 2.94.